The van der Waals surface area contributed by atoms with E-state index in [-0.39, 0.29) is 5.69 Å². The smallest absolute Gasteiger partial charge is 0.316 e. The van der Waals surface area contributed by atoms with E-state index < -0.39 is 0 Å². The minimum absolute atomic E-state index is 0.0500. The van der Waals surface area contributed by atoms with E-state index in [0.717, 1.165) is 37.5 Å². The van der Waals surface area contributed by atoms with Gasteiger partial charge in [0.1, 0.15) is 0 Å². The number of rotatable bonds is 3. The number of nitrogens with one attached hydrogen (secondary N) is 2. The lowest BCUT2D eigenvalue weighted by molar-refractivity contribution is 0.641. The van der Waals surface area contributed by atoms with Gasteiger partial charge in [0.25, 0.3) is 0 Å². The first-order valence-corrected chi connectivity index (χ1v) is 6.27. The zero-order valence-electron chi connectivity index (χ0n) is 8.40. The fraction of sp³-hybridized carbons (Fsp3) is 0.778. The van der Waals surface area contributed by atoms with Gasteiger partial charge in [0.2, 0.25) is 0 Å². The lowest BCUT2D eigenvalue weighted by Crippen LogP contribution is -2.17. The summed E-state index contributed by atoms with van der Waals surface area (Å²) in [7, 11) is 0. The highest BCUT2D eigenvalue weighted by Crippen LogP contribution is 2.37. The van der Waals surface area contributed by atoms with Crippen molar-refractivity contribution in [3.63, 3.8) is 0 Å². The molecule has 0 spiro atoms. The van der Waals surface area contributed by atoms with Crippen LogP contribution in [0.5, 0.6) is 0 Å². The van der Waals surface area contributed by atoms with Crippen molar-refractivity contribution < 1.29 is 0 Å². The van der Waals surface area contributed by atoms with Crippen LogP contribution < -0.4 is 11.0 Å². The number of aromatic nitrogens is 3. The molecule has 2 fully saturated rings. The summed E-state index contributed by atoms with van der Waals surface area (Å²) in [5.74, 6) is 0. The Morgan fingerprint density at radius 3 is 2.93 bits per heavy atom. The average molecular weight is 226 g/mol. The summed E-state index contributed by atoms with van der Waals surface area (Å²) in [5, 5.41) is 11.4. The molecule has 3 rings (SSSR count). The molecule has 0 amide bonds. The summed E-state index contributed by atoms with van der Waals surface area (Å²) in [4.78, 5) is 11.5. The molecule has 2 N–H and O–H groups in total. The predicted octanol–water partition coefficient (Wildman–Crippen LogP) is 0.360. The third-order valence-corrected chi connectivity index (χ3v) is 4.11. The molecule has 5 nitrogen and oxygen atoms in total. The largest absolute Gasteiger partial charge is 0.344 e. The first-order chi connectivity index (χ1) is 7.34. The van der Waals surface area contributed by atoms with Crippen molar-refractivity contribution in [2.24, 2.45) is 0 Å². The van der Waals surface area contributed by atoms with E-state index in [9.17, 15) is 4.79 Å². The SMILES string of the molecule is O=c1[nH]nc(SC2CCNC2)n1C1CC1. The van der Waals surface area contributed by atoms with Crippen molar-refractivity contribution in [3.05, 3.63) is 10.5 Å². The normalized spacial score (nSPS) is 26.0. The second kappa shape index (κ2) is 3.68. The Hall–Kier alpha value is -0.750. The second-order valence-corrected chi connectivity index (χ2v) is 5.41. The maximum atomic E-state index is 11.5. The summed E-state index contributed by atoms with van der Waals surface area (Å²) in [6, 6.07) is 0.410. The Bertz CT molecular complexity index is 402. The molecule has 82 valence electrons. The minimum Gasteiger partial charge on any atom is -0.316 e. The van der Waals surface area contributed by atoms with Gasteiger partial charge in [0.15, 0.2) is 5.16 Å². The summed E-state index contributed by atoms with van der Waals surface area (Å²) in [6.45, 7) is 2.10. The molecule has 1 saturated heterocycles. The van der Waals surface area contributed by atoms with Gasteiger partial charge in [-0.2, -0.15) is 0 Å². The number of hydrogen-bond acceptors (Lipinski definition) is 4. The number of nitrogens with zero attached hydrogens (tertiary/aromatic N) is 2. The molecule has 0 bridgehead atoms. The third kappa shape index (κ3) is 1.83. The molecule has 2 heterocycles. The zero-order valence-corrected chi connectivity index (χ0v) is 9.22. The van der Waals surface area contributed by atoms with E-state index in [1.165, 1.54) is 0 Å². The van der Waals surface area contributed by atoms with Crippen molar-refractivity contribution in [1.29, 1.82) is 0 Å². The fourth-order valence-electron chi connectivity index (χ4n) is 1.91. The van der Waals surface area contributed by atoms with Crippen molar-refractivity contribution in [1.82, 2.24) is 20.1 Å². The molecular formula is C9H14N4OS. The van der Waals surface area contributed by atoms with Crippen LogP contribution in [0.3, 0.4) is 0 Å². The number of aromatic amines is 1. The van der Waals surface area contributed by atoms with Gasteiger partial charge in [-0.1, -0.05) is 11.8 Å². The standard InChI is InChI=1S/C9H14N4OS/c14-8-11-12-9(13(8)6-1-2-6)15-7-3-4-10-5-7/h6-7,10H,1-5H2,(H,11,14). The fourth-order valence-corrected chi connectivity index (χ4v) is 3.08. The Morgan fingerprint density at radius 2 is 2.27 bits per heavy atom. The first kappa shape index (κ1) is 9.47. The monoisotopic (exact) mass is 226 g/mol. The molecule has 15 heavy (non-hydrogen) atoms. The molecule has 6 heteroatoms. The molecule has 1 aliphatic heterocycles. The number of hydrogen-bond donors (Lipinski definition) is 2. The molecule has 1 aromatic heterocycles. The summed E-state index contributed by atoms with van der Waals surface area (Å²) < 4.78 is 1.82. The van der Waals surface area contributed by atoms with E-state index in [0.29, 0.717) is 11.3 Å². The van der Waals surface area contributed by atoms with Crippen molar-refractivity contribution >= 4 is 11.8 Å². The quantitative estimate of drug-likeness (QED) is 0.781. The average Bonchev–Trinajstić information content (AvgIpc) is 2.80. The van der Waals surface area contributed by atoms with E-state index >= 15 is 0 Å². The molecule has 0 radical (unpaired) electrons. The first-order valence-electron chi connectivity index (χ1n) is 5.39. The van der Waals surface area contributed by atoms with E-state index in [1.807, 2.05) is 4.57 Å². The lowest BCUT2D eigenvalue weighted by atomic mass is 10.4. The molecule has 0 aromatic carbocycles. The van der Waals surface area contributed by atoms with Gasteiger partial charge in [-0.15, -0.1) is 5.10 Å². The van der Waals surface area contributed by atoms with Crippen LogP contribution in [0.1, 0.15) is 25.3 Å². The number of H-pyrrole nitrogens is 1. The van der Waals surface area contributed by atoms with Gasteiger partial charge in [0, 0.05) is 17.8 Å². The Balaban J connectivity index is 1.81. The van der Waals surface area contributed by atoms with Crippen molar-refractivity contribution in [2.45, 2.75) is 35.7 Å². The highest BCUT2D eigenvalue weighted by atomic mass is 32.2. The molecule has 2 aliphatic rings. The second-order valence-electron chi connectivity index (χ2n) is 4.15. The van der Waals surface area contributed by atoms with Crippen molar-refractivity contribution in [2.75, 3.05) is 13.1 Å². The minimum atomic E-state index is -0.0500. The van der Waals surface area contributed by atoms with Crippen LogP contribution in [0, 0.1) is 0 Å². The highest BCUT2D eigenvalue weighted by molar-refractivity contribution is 7.99. The van der Waals surface area contributed by atoms with Crippen LogP contribution in [0.4, 0.5) is 0 Å². The van der Waals surface area contributed by atoms with Gasteiger partial charge in [-0.3, -0.25) is 4.57 Å². The van der Waals surface area contributed by atoms with Gasteiger partial charge in [-0.25, -0.2) is 9.89 Å². The van der Waals surface area contributed by atoms with E-state index in [1.54, 1.807) is 11.8 Å². The molecule has 1 saturated carbocycles. The van der Waals surface area contributed by atoms with Crippen LogP contribution in [0.15, 0.2) is 9.95 Å². The zero-order chi connectivity index (χ0) is 10.3. The Kier molecular flexibility index (Phi) is 2.32. The molecule has 1 aliphatic carbocycles. The topological polar surface area (TPSA) is 62.7 Å². The van der Waals surface area contributed by atoms with Crippen LogP contribution in [0.25, 0.3) is 0 Å². The van der Waals surface area contributed by atoms with E-state index in [2.05, 4.69) is 15.5 Å². The molecule has 1 unspecified atom stereocenters. The van der Waals surface area contributed by atoms with Gasteiger partial charge >= 0.3 is 5.69 Å². The van der Waals surface area contributed by atoms with Crippen LogP contribution in [-0.2, 0) is 0 Å². The predicted molar refractivity (Wildman–Crippen MR) is 58.3 cm³/mol. The van der Waals surface area contributed by atoms with E-state index in [4.69, 9.17) is 0 Å². The molecule has 1 atom stereocenters. The maximum absolute atomic E-state index is 11.5. The van der Waals surface area contributed by atoms with Crippen LogP contribution in [0.2, 0.25) is 0 Å². The summed E-state index contributed by atoms with van der Waals surface area (Å²) >= 11 is 1.73. The van der Waals surface area contributed by atoms with Crippen molar-refractivity contribution in [3.8, 4) is 0 Å². The Morgan fingerprint density at radius 1 is 1.40 bits per heavy atom. The summed E-state index contributed by atoms with van der Waals surface area (Å²) in [5.41, 5.74) is -0.0500. The van der Waals surface area contributed by atoms with Gasteiger partial charge in [-0.05, 0) is 25.8 Å². The third-order valence-electron chi connectivity index (χ3n) is 2.87. The lowest BCUT2D eigenvalue weighted by Gasteiger charge is -2.07. The number of thioether (sulfide) groups is 1. The maximum Gasteiger partial charge on any atom is 0.344 e. The molecule has 1 aromatic rings. The van der Waals surface area contributed by atoms with Gasteiger partial charge in [0.05, 0.1) is 0 Å². The molecular weight excluding hydrogens is 212 g/mol. The van der Waals surface area contributed by atoms with Gasteiger partial charge < -0.3 is 5.32 Å². The highest BCUT2D eigenvalue weighted by Gasteiger charge is 2.30. The summed E-state index contributed by atoms with van der Waals surface area (Å²) in [6.07, 6.45) is 3.40. The Labute approximate surface area is 91.6 Å². The van der Waals surface area contributed by atoms with Crippen LogP contribution in [-0.4, -0.2) is 33.1 Å². The van der Waals surface area contributed by atoms with Crippen LogP contribution >= 0.6 is 11.8 Å².